The zero-order chi connectivity index (χ0) is 15.2. The van der Waals surface area contributed by atoms with Crippen LogP contribution in [0.15, 0.2) is 0 Å². The molecule has 2 amide bonds. The summed E-state index contributed by atoms with van der Waals surface area (Å²) in [6, 6.07) is -1.79. The molecule has 0 heterocycles. The first-order chi connectivity index (χ1) is 9.61. The molecule has 6 heteroatoms. The van der Waals surface area contributed by atoms with Gasteiger partial charge in [-0.25, -0.2) is 9.59 Å². The fourth-order valence-corrected chi connectivity index (χ4v) is 1.86. The molecule has 0 spiro atoms. The number of carboxylic acid groups (broad SMARTS) is 1. The maximum absolute atomic E-state index is 11.3. The van der Waals surface area contributed by atoms with Gasteiger partial charge < -0.3 is 20.8 Å². The van der Waals surface area contributed by atoms with Crippen LogP contribution in [0.2, 0.25) is 0 Å². The van der Waals surface area contributed by atoms with Crippen LogP contribution in [0.1, 0.15) is 58.3 Å². The van der Waals surface area contributed by atoms with Crippen molar-refractivity contribution in [2.75, 3.05) is 13.2 Å². The standard InChI is InChI=1S/C14H28N2O4/c1-2-3-4-5-6-7-8-9-10-15-14(20)16-12(11-17)13(18)19/h12,17H,2-11H2,1H3,(H,18,19)(H2,15,16,20)/t12-/m1/s1. The summed E-state index contributed by atoms with van der Waals surface area (Å²) in [5.74, 6) is -1.24. The summed E-state index contributed by atoms with van der Waals surface area (Å²) in [6.45, 7) is 2.11. The van der Waals surface area contributed by atoms with Crippen LogP contribution in [0.25, 0.3) is 0 Å². The van der Waals surface area contributed by atoms with Crippen molar-refractivity contribution in [3.63, 3.8) is 0 Å². The van der Waals surface area contributed by atoms with Crippen molar-refractivity contribution in [1.82, 2.24) is 10.6 Å². The molecule has 20 heavy (non-hydrogen) atoms. The Hall–Kier alpha value is -1.30. The molecule has 6 nitrogen and oxygen atoms in total. The molecule has 0 bridgehead atoms. The van der Waals surface area contributed by atoms with Crippen LogP contribution >= 0.6 is 0 Å². The molecule has 4 N–H and O–H groups in total. The van der Waals surface area contributed by atoms with E-state index in [9.17, 15) is 9.59 Å². The van der Waals surface area contributed by atoms with E-state index in [1.807, 2.05) is 0 Å². The van der Waals surface area contributed by atoms with Gasteiger partial charge in [0.1, 0.15) is 0 Å². The van der Waals surface area contributed by atoms with Gasteiger partial charge in [0.15, 0.2) is 6.04 Å². The van der Waals surface area contributed by atoms with Gasteiger partial charge in [0.25, 0.3) is 0 Å². The van der Waals surface area contributed by atoms with E-state index in [1.54, 1.807) is 0 Å². The Labute approximate surface area is 120 Å². The number of carbonyl (C=O) groups is 2. The Morgan fingerprint density at radius 2 is 1.55 bits per heavy atom. The number of carbonyl (C=O) groups excluding carboxylic acids is 1. The van der Waals surface area contributed by atoms with Crippen molar-refractivity contribution < 1.29 is 19.8 Å². The second-order valence-electron chi connectivity index (χ2n) is 4.95. The summed E-state index contributed by atoms with van der Waals surface area (Å²) in [5.41, 5.74) is 0. The molecule has 0 saturated heterocycles. The molecule has 0 aliphatic heterocycles. The lowest BCUT2D eigenvalue weighted by Gasteiger charge is -2.12. The minimum absolute atomic E-state index is 0.526. The summed E-state index contributed by atoms with van der Waals surface area (Å²) in [7, 11) is 0. The van der Waals surface area contributed by atoms with Gasteiger partial charge in [-0.15, -0.1) is 0 Å². The van der Waals surface area contributed by atoms with Crippen LogP contribution in [0.4, 0.5) is 4.79 Å². The van der Waals surface area contributed by atoms with Crippen LogP contribution in [0.3, 0.4) is 0 Å². The zero-order valence-corrected chi connectivity index (χ0v) is 12.4. The van der Waals surface area contributed by atoms with Crippen molar-refractivity contribution in [3.05, 3.63) is 0 Å². The predicted molar refractivity (Wildman–Crippen MR) is 77.7 cm³/mol. The molecule has 0 aromatic rings. The summed E-state index contributed by atoms with van der Waals surface area (Å²) >= 11 is 0. The van der Waals surface area contributed by atoms with E-state index >= 15 is 0 Å². The van der Waals surface area contributed by atoms with Crippen molar-refractivity contribution in [2.45, 2.75) is 64.3 Å². The largest absolute Gasteiger partial charge is 0.480 e. The van der Waals surface area contributed by atoms with E-state index < -0.39 is 24.6 Å². The lowest BCUT2D eigenvalue weighted by Crippen LogP contribution is -2.48. The molecule has 0 aliphatic rings. The Morgan fingerprint density at radius 1 is 1.00 bits per heavy atom. The number of aliphatic hydroxyl groups excluding tert-OH is 1. The van der Waals surface area contributed by atoms with Gasteiger partial charge >= 0.3 is 12.0 Å². The van der Waals surface area contributed by atoms with Crippen LogP contribution < -0.4 is 10.6 Å². The number of aliphatic hydroxyl groups is 1. The Balaban J connectivity index is 3.41. The number of unbranched alkanes of at least 4 members (excludes halogenated alkanes) is 7. The van der Waals surface area contributed by atoms with Crippen molar-refractivity contribution in [3.8, 4) is 0 Å². The number of amides is 2. The van der Waals surface area contributed by atoms with Crippen LogP contribution in [0.5, 0.6) is 0 Å². The van der Waals surface area contributed by atoms with E-state index in [0.717, 1.165) is 12.8 Å². The minimum Gasteiger partial charge on any atom is -0.480 e. The maximum Gasteiger partial charge on any atom is 0.328 e. The smallest absolute Gasteiger partial charge is 0.328 e. The Bertz CT molecular complexity index is 272. The van der Waals surface area contributed by atoms with Gasteiger partial charge in [0.05, 0.1) is 6.61 Å². The zero-order valence-electron chi connectivity index (χ0n) is 12.4. The SMILES string of the molecule is CCCCCCCCCCNC(=O)N[C@H](CO)C(=O)O. The molecule has 0 rings (SSSR count). The number of hydrogen-bond donors (Lipinski definition) is 4. The predicted octanol–water partition coefficient (Wildman–Crippen LogP) is 1.87. The summed E-state index contributed by atoms with van der Waals surface area (Å²) < 4.78 is 0. The third kappa shape index (κ3) is 10.6. The molecule has 0 aromatic heterocycles. The third-order valence-electron chi connectivity index (χ3n) is 3.10. The lowest BCUT2D eigenvalue weighted by molar-refractivity contribution is -0.140. The fraction of sp³-hybridized carbons (Fsp3) is 0.857. The van der Waals surface area contributed by atoms with Gasteiger partial charge in [0, 0.05) is 6.54 Å². The minimum atomic E-state index is -1.24. The second kappa shape index (κ2) is 12.7. The molecule has 1 atom stereocenters. The first-order valence-electron chi connectivity index (χ1n) is 7.49. The molecule has 0 unspecified atom stereocenters. The normalized spacial score (nSPS) is 11.9. The first-order valence-corrected chi connectivity index (χ1v) is 7.49. The number of urea groups is 1. The molecule has 0 aliphatic carbocycles. The van der Waals surface area contributed by atoms with E-state index in [0.29, 0.717) is 6.54 Å². The summed E-state index contributed by atoms with van der Waals surface area (Å²) in [5, 5.41) is 22.2. The van der Waals surface area contributed by atoms with Gasteiger partial charge in [-0.2, -0.15) is 0 Å². The topological polar surface area (TPSA) is 98.7 Å². The van der Waals surface area contributed by atoms with Crippen LogP contribution in [-0.4, -0.2) is 41.4 Å². The van der Waals surface area contributed by atoms with Gasteiger partial charge in [0.2, 0.25) is 0 Å². The maximum atomic E-state index is 11.3. The van der Waals surface area contributed by atoms with E-state index in [4.69, 9.17) is 10.2 Å². The quantitative estimate of drug-likeness (QED) is 0.412. The average molecular weight is 288 g/mol. The number of nitrogens with one attached hydrogen (secondary N) is 2. The molecule has 0 aromatic carbocycles. The molecule has 0 saturated carbocycles. The van der Waals surface area contributed by atoms with Crippen LogP contribution in [0, 0.1) is 0 Å². The molecule has 118 valence electrons. The highest BCUT2D eigenvalue weighted by molar-refractivity contribution is 5.82. The summed E-state index contributed by atoms with van der Waals surface area (Å²) in [6.07, 6.45) is 9.49. The highest BCUT2D eigenvalue weighted by atomic mass is 16.4. The van der Waals surface area contributed by atoms with Gasteiger partial charge in [-0.05, 0) is 6.42 Å². The van der Waals surface area contributed by atoms with Crippen molar-refractivity contribution >= 4 is 12.0 Å². The second-order valence-corrected chi connectivity index (χ2v) is 4.95. The average Bonchev–Trinajstić information content (AvgIpc) is 2.42. The molecular formula is C14H28N2O4. The Kier molecular flexibility index (Phi) is 11.9. The number of rotatable bonds is 12. The lowest BCUT2D eigenvalue weighted by atomic mass is 10.1. The van der Waals surface area contributed by atoms with E-state index in [-0.39, 0.29) is 0 Å². The molecule has 0 radical (unpaired) electrons. The highest BCUT2D eigenvalue weighted by Gasteiger charge is 2.17. The number of hydrogen-bond acceptors (Lipinski definition) is 3. The Morgan fingerprint density at radius 3 is 2.05 bits per heavy atom. The van der Waals surface area contributed by atoms with E-state index in [1.165, 1.54) is 38.5 Å². The number of carboxylic acids is 1. The monoisotopic (exact) mass is 288 g/mol. The highest BCUT2D eigenvalue weighted by Crippen LogP contribution is 2.07. The number of aliphatic carboxylic acids is 1. The fourth-order valence-electron chi connectivity index (χ4n) is 1.86. The van der Waals surface area contributed by atoms with Crippen molar-refractivity contribution in [1.29, 1.82) is 0 Å². The van der Waals surface area contributed by atoms with E-state index in [2.05, 4.69) is 17.6 Å². The van der Waals surface area contributed by atoms with Crippen molar-refractivity contribution in [2.24, 2.45) is 0 Å². The third-order valence-corrected chi connectivity index (χ3v) is 3.10. The van der Waals surface area contributed by atoms with Crippen LogP contribution in [-0.2, 0) is 4.79 Å². The summed E-state index contributed by atoms with van der Waals surface area (Å²) in [4.78, 5) is 21.9. The van der Waals surface area contributed by atoms with Gasteiger partial charge in [-0.3, -0.25) is 0 Å². The molecular weight excluding hydrogens is 260 g/mol. The van der Waals surface area contributed by atoms with Gasteiger partial charge in [-0.1, -0.05) is 51.9 Å². The molecule has 0 fully saturated rings. The first kappa shape index (κ1) is 18.7.